The Morgan fingerprint density at radius 1 is 0.164 bits per heavy atom. The van der Waals surface area contributed by atoms with Crippen molar-refractivity contribution < 1.29 is 0 Å². The minimum absolute atomic E-state index is 0. The standard InChI is InChI=1S/C48H33BrN2.C42H28BrN.C36H26BrN.CH4/c49-40-27-21-36(22-28-40)38-13-9-14-39(33-38)37-25-31-43(32-26-37)50(42-29-23-35(24-30-42)34-11-3-1-4-12-34)46-19-10-20-47-48(46)44-17-7-8-18-45(44)51(47)41-15-5-2-6-16-41;43-32-23-25-36-38(27-32)41(30-14-4-1-5-15-30)37-26-24-34(28-39(37)42(36)31-16-6-2-7-17-31)44(33-19-8-3-9-20-33)40-22-12-18-29-13-10-11-21-35(29)40;37-33-23-19-31(20-24-33)29-15-11-27(12-16-29)28-13-17-30(18-14-28)32-21-25-36(26-22-32)38(34-7-3-1-4-8-34)35-9-5-2-6-10-35;/h1-33H;1-28H;1-26H;1H4. The summed E-state index contributed by atoms with van der Waals surface area (Å²) in [7, 11) is 0. The quantitative estimate of drug-likeness (QED) is 0.0796. The fourth-order valence-electron chi connectivity index (χ4n) is 18.6. The van der Waals surface area contributed by atoms with Crippen LogP contribution in [0.1, 0.15) is 7.43 Å². The molecule has 23 aromatic rings. The molecule has 22 aromatic carbocycles. The summed E-state index contributed by atoms with van der Waals surface area (Å²) in [4.78, 5) is 7.08. The molecule has 0 aliphatic carbocycles. The van der Waals surface area contributed by atoms with Gasteiger partial charge in [0.15, 0.2) is 0 Å². The van der Waals surface area contributed by atoms with Gasteiger partial charge in [-0.25, -0.2) is 0 Å². The summed E-state index contributed by atoms with van der Waals surface area (Å²) >= 11 is 10.9. The zero-order valence-electron chi connectivity index (χ0n) is 72.7. The second kappa shape index (κ2) is 39.5. The van der Waals surface area contributed by atoms with Crippen molar-refractivity contribution in [2.24, 2.45) is 0 Å². The van der Waals surface area contributed by atoms with Crippen LogP contribution in [0.25, 0.3) is 149 Å². The van der Waals surface area contributed by atoms with Gasteiger partial charge in [0.2, 0.25) is 0 Å². The highest BCUT2D eigenvalue weighted by Crippen LogP contribution is 2.50. The van der Waals surface area contributed by atoms with E-state index in [4.69, 9.17) is 0 Å². The van der Waals surface area contributed by atoms with Gasteiger partial charge in [0, 0.05) is 75.1 Å². The number of nitrogens with zero attached hydrogens (tertiary/aromatic N) is 4. The number of rotatable bonds is 18. The monoisotopic (exact) mass is 1910 g/mol. The lowest BCUT2D eigenvalue weighted by Crippen LogP contribution is -2.10. The zero-order chi connectivity index (χ0) is 89.3. The van der Waals surface area contributed by atoms with Crippen molar-refractivity contribution in [1.82, 2.24) is 4.57 Å². The van der Waals surface area contributed by atoms with Gasteiger partial charge in [-0.2, -0.15) is 0 Å². The first-order valence-electron chi connectivity index (χ1n) is 44.8. The fourth-order valence-corrected chi connectivity index (χ4v) is 19.4. The molecule has 134 heavy (non-hydrogen) atoms. The average Bonchev–Trinajstić information content (AvgIpc) is 0.862. The van der Waals surface area contributed by atoms with Gasteiger partial charge in [-0.15, -0.1) is 0 Å². The predicted octanol–water partition coefficient (Wildman–Crippen LogP) is 38.3. The van der Waals surface area contributed by atoms with E-state index >= 15 is 0 Å². The lowest BCUT2D eigenvalue weighted by atomic mass is 9.85. The number of benzene rings is 22. The van der Waals surface area contributed by atoms with E-state index in [-0.39, 0.29) is 7.43 Å². The van der Waals surface area contributed by atoms with Gasteiger partial charge < -0.3 is 19.3 Å². The van der Waals surface area contributed by atoms with Crippen molar-refractivity contribution in [3.8, 4) is 94.7 Å². The van der Waals surface area contributed by atoms with Gasteiger partial charge in [0.25, 0.3) is 0 Å². The normalized spacial score (nSPS) is 11.0. The predicted molar refractivity (Wildman–Crippen MR) is 584 cm³/mol. The van der Waals surface area contributed by atoms with Crippen LogP contribution in [0.15, 0.2) is 541 Å². The number of hydrogen-bond acceptors (Lipinski definition) is 3. The number of fused-ring (bicyclic) bond motifs is 6. The number of anilines is 9. The van der Waals surface area contributed by atoms with Crippen LogP contribution >= 0.6 is 47.8 Å². The summed E-state index contributed by atoms with van der Waals surface area (Å²) < 4.78 is 5.63. The fraction of sp³-hybridized carbons (Fsp3) is 0.00787. The summed E-state index contributed by atoms with van der Waals surface area (Å²) in [5.41, 5.74) is 33.0. The topological polar surface area (TPSA) is 14.7 Å². The van der Waals surface area contributed by atoms with Crippen molar-refractivity contribution in [2.75, 3.05) is 14.7 Å². The molecule has 0 N–H and O–H groups in total. The molecular formula is C127H91Br3N4. The molecule has 7 heteroatoms. The molecule has 0 fully saturated rings. The maximum Gasteiger partial charge on any atom is 0.0562 e. The van der Waals surface area contributed by atoms with Crippen molar-refractivity contribution in [2.45, 2.75) is 7.43 Å². The van der Waals surface area contributed by atoms with Gasteiger partial charge in [0.1, 0.15) is 0 Å². The molecule has 4 nitrogen and oxygen atoms in total. The molecule has 0 amide bonds. The summed E-state index contributed by atoms with van der Waals surface area (Å²) in [5, 5.41) is 9.81. The van der Waals surface area contributed by atoms with Crippen LogP contribution in [0, 0.1) is 0 Å². The van der Waals surface area contributed by atoms with E-state index in [2.05, 4.69) is 595 Å². The minimum Gasteiger partial charge on any atom is -0.311 e. The molecule has 0 spiro atoms. The first-order valence-corrected chi connectivity index (χ1v) is 47.2. The highest BCUT2D eigenvalue weighted by Gasteiger charge is 2.25. The maximum absolute atomic E-state index is 3.78. The van der Waals surface area contributed by atoms with Crippen LogP contribution in [0.3, 0.4) is 0 Å². The number of aromatic nitrogens is 1. The van der Waals surface area contributed by atoms with Crippen LogP contribution in [0.5, 0.6) is 0 Å². The van der Waals surface area contributed by atoms with Crippen molar-refractivity contribution >= 4 is 153 Å². The molecule has 1 aromatic heterocycles. The molecular weight excluding hydrogens is 1820 g/mol. The van der Waals surface area contributed by atoms with Gasteiger partial charge in [-0.3, -0.25) is 0 Å². The van der Waals surface area contributed by atoms with Crippen LogP contribution < -0.4 is 14.7 Å². The average molecular weight is 1910 g/mol. The second-order valence-corrected chi connectivity index (χ2v) is 35.8. The molecule has 640 valence electrons. The van der Waals surface area contributed by atoms with Crippen molar-refractivity contribution in [3.05, 3.63) is 541 Å². The van der Waals surface area contributed by atoms with E-state index in [9.17, 15) is 0 Å². The van der Waals surface area contributed by atoms with E-state index in [0.29, 0.717) is 0 Å². The highest BCUT2D eigenvalue weighted by atomic mass is 79.9. The summed E-state index contributed by atoms with van der Waals surface area (Å²) in [6.45, 7) is 0. The van der Waals surface area contributed by atoms with Gasteiger partial charge in [-0.1, -0.05) is 419 Å². The number of hydrogen-bond donors (Lipinski definition) is 0. The lowest BCUT2D eigenvalue weighted by Gasteiger charge is -2.28. The Bertz CT molecular complexity index is 7950. The number of halogens is 3. The third-order valence-electron chi connectivity index (χ3n) is 24.9. The van der Waals surface area contributed by atoms with E-state index in [1.54, 1.807) is 0 Å². The van der Waals surface area contributed by atoms with E-state index in [1.807, 2.05) is 0 Å². The van der Waals surface area contributed by atoms with Gasteiger partial charge in [0.05, 0.1) is 22.4 Å². The Balaban J connectivity index is 0.000000126. The molecule has 0 aliphatic rings. The van der Waals surface area contributed by atoms with E-state index in [1.165, 1.54) is 143 Å². The molecule has 0 radical (unpaired) electrons. The smallest absolute Gasteiger partial charge is 0.0562 e. The zero-order valence-corrected chi connectivity index (χ0v) is 77.4. The largest absolute Gasteiger partial charge is 0.311 e. The Morgan fingerprint density at radius 3 is 0.933 bits per heavy atom. The van der Waals surface area contributed by atoms with Crippen LogP contribution in [-0.2, 0) is 0 Å². The van der Waals surface area contributed by atoms with Crippen molar-refractivity contribution in [3.63, 3.8) is 0 Å². The third kappa shape index (κ3) is 18.1. The highest BCUT2D eigenvalue weighted by molar-refractivity contribution is 9.11. The van der Waals surface area contributed by atoms with Crippen LogP contribution in [0.4, 0.5) is 51.2 Å². The van der Waals surface area contributed by atoms with E-state index < -0.39 is 0 Å². The number of para-hydroxylation sites is 5. The first kappa shape index (κ1) is 86.3. The molecule has 0 bridgehead atoms. The molecule has 0 saturated heterocycles. The molecule has 0 saturated carbocycles. The maximum atomic E-state index is 3.78. The van der Waals surface area contributed by atoms with Crippen LogP contribution in [-0.4, -0.2) is 4.57 Å². The molecule has 23 rings (SSSR count). The SMILES string of the molecule is Brc1ccc(-c2ccc(-c3ccc(-c4ccc(N(c5ccccc5)c5ccccc5)cc4)cc3)cc2)cc1.Brc1ccc(-c2cccc(-c3ccc(N(c4ccc(-c5ccccc5)cc4)c4cccc5c4c4ccccc4n5-c4ccccc4)cc3)c2)cc1.Brc1ccc2c(-c3ccccc3)c3cc(N(c4ccccc4)c4cccc5ccccc45)ccc3c(-c3ccccc3)c2c1.C. The third-order valence-corrected chi connectivity index (χ3v) is 26.4. The summed E-state index contributed by atoms with van der Waals surface area (Å²) in [6, 6.07) is 189. The molecule has 0 unspecified atom stereocenters. The van der Waals surface area contributed by atoms with E-state index in [0.717, 1.165) is 70.3 Å². The Kier molecular flexibility index (Phi) is 25.5. The first-order chi connectivity index (χ1) is 65.7. The molecule has 0 aliphatic heterocycles. The van der Waals surface area contributed by atoms with Crippen LogP contribution in [0.2, 0.25) is 0 Å². The summed E-state index contributed by atoms with van der Waals surface area (Å²) in [6.07, 6.45) is 0. The lowest BCUT2D eigenvalue weighted by molar-refractivity contribution is 1.18. The van der Waals surface area contributed by atoms with Crippen molar-refractivity contribution in [1.29, 1.82) is 0 Å². The second-order valence-electron chi connectivity index (χ2n) is 33.0. The Hall–Kier alpha value is -15.7. The Labute approximate surface area is 808 Å². The minimum atomic E-state index is 0. The Morgan fingerprint density at radius 2 is 0.455 bits per heavy atom. The van der Waals surface area contributed by atoms with Gasteiger partial charge >= 0.3 is 0 Å². The summed E-state index contributed by atoms with van der Waals surface area (Å²) in [5.74, 6) is 0. The molecule has 1 heterocycles. The molecule has 0 atom stereocenters. The van der Waals surface area contributed by atoms with Gasteiger partial charge in [-0.05, 0) is 280 Å².